The summed E-state index contributed by atoms with van der Waals surface area (Å²) < 4.78 is 5.68. The van der Waals surface area contributed by atoms with Gasteiger partial charge in [0.25, 0.3) is 5.91 Å². The zero-order valence-corrected chi connectivity index (χ0v) is 21.4. The molecule has 1 heterocycles. The number of benzene rings is 1. The normalized spacial score (nSPS) is 32.7. The minimum absolute atomic E-state index is 0.0135. The molecule has 0 saturated carbocycles. The maximum Gasteiger partial charge on any atom is 0.253 e. The lowest BCUT2D eigenvalue weighted by Crippen LogP contribution is -2.57. The second kappa shape index (κ2) is 7.80. The van der Waals surface area contributed by atoms with Crippen LogP contribution in [0.15, 0.2) is 39.9 Å². The topological polar surface area (TPSA) is 181 Å². The van der Waals surface area contributed by atoms with Crippen LogP contribution >= 0.6 is 0 Å². The van der Waals surface area contributed by atoms with Crippen LogP contribution in [0.3, 0.4) is 0 Å². The summed E-state index contributed by atoms with van der Waals surface area (Å²) in [5.74, 6) is -6.41. The number of nitrogens with one attached hydrogen (secondary N) is 1. The van der Waals surface area contributed by atoms with Crippen molar-refractivity contribution < 1.29 is 34.8 Å². The standard InChI is InChI=1S/C26H32N4O7/c1-24(2,3)29-28-10-11-6-7-15(31)17-13(11)8-12-9-14-19(30(4)5)21(33)18(23(27)35)26(36)25(14,37-26)22(34)16(12)20(17)32/h6-7,10,12,14,19,29,31,33-34,36H,8-9H2,1-5H3,(H2,27,35)/b28-10+/t12-,14-,19-,25-,26?/m0/s1. The first-order valence-electron chi connectivity index (χ1n) is 12.1. The smallest absolute Gasteiger partial charge is 0.253 e. The fourth-order valence-electron chi connectivity index (χ4n) is 6.30. The van der Waals surface area contributed by atoms with Crippen LogP contribution in [0.5, 0.6) is 5.75 Å². The second-order valence-corrected chi connectivity index (χ2v) is 11.5. The molecule has 0 radical (unpaired) electrons. The molecule has 11 nitrogen and oxygen atoms in total. The van der Waals surface area contributed by atoms with Crippen LogP contribution in [0.4, 0.5) is 0 Å². The van der Waals surface area contributed by atoms with Gasteiger partial charge in [-0.15, -0.1) is 0 Å². The van der Waals surface area contributed by atoms with Crippen LogP contribution in [0, 0.1) is 11.8 Å². The Kier molecular flexibility index (Phi) is 5.32. The van der Waals surface area contributed by atoms with E-state index in [1.165, 1.54) is 6.07 Å². The molecule has 5 rings (SSSR count). The molecule has 198 valence electrons. The first-order chi connectivity index (χ1) is 17.2. The predicted molar refractivity (Wildman–Crippen MR) is 133 cm³/mol. The molecular formula is C26H32N4O7. The number of ketones is 1. The van der Waals surface area contributed by atoms with Crippen LogP contribution in [0.25, 0.3) is 0 Å². The van der Waals surface area contributed by atoms with E-state index in [1.807, 2.05) is 20.8 Å². The molecule has 0 aromatic heterocycles. The quantitative estimate of drug-likeness (QED) is 0.195. The molecule has 1 unspecified atom stereocenters. The molecule has 1 fully saturated rings. The summed E-state index contributed by atoms with van der Waals surface area (Å²) in [6, 6.07) is 2.26. The van der Waals surface area contributed by atoms with Crippen LogP contribution in [-0.4, -0.2) is 80.3 Å². The zero-order chi connectivity index (χ0) is 27.2. The Morgan fingerprint density at radius 2 is 1.95 bits per heavy atom. The van der Waals surface area contributed by atoms with Crippen molar-refractivity contribution in [2.24, 2.45) is 22.7 Å². The molecule has 0 bridgehead atoms. The van der Waals surface area contributed by atoms with Crippen molar-refractivity contribution in [1.82, 2.24) is 10.3 Å². The van der Waals surface area contributed by atoms with Crippen molar-refractivity contribution in [2.75, 3.05) is 14.1 Å². The van der Waals surface area contributed by atoms with E-state index in [1.54, 1.807) is 31.3 Å². The van der Waals surface area contributed by atoms with Crippen molar-refractivity contribution >= 4 is 17.9 Å². The van der Waals surface area contributed by atoms with Gasteiger partial charge in [-0.3, -0.25) is 14.5 Å². The Labute approximate surface area is 213 Å². The number of allylic oxidation sites excluding steroid dienone is 1. The van der Waals surface area contributed by atoms with Crippen molar-refractivity contribution in [3.63, 3.8) is 0 Å². The number of primary amides is 1. The number of nitrogens with zero attached hydrogens (tertiary/aromatic N) is 2. The average Bonchev–Trinajstić information content (AvgIpc) is 3.39. The van der Waals surface area contributed by atoms with Gasteiger partial charge in [0.1, 0.15) is 22.8 Å². The number of rotatable bonds is 4. The SMILES string of the molecule is CN(C)[C@@H]1C(O)=C(C(N)=O)C2(O)O[C@@]23C(O)=C2C(=O)c4c(O)ccc(/C=N/NC(C)(C)C)c4C[C@H]2C[C@@H]13. The predicted octanol–water partition coefficient (Wildman–Crippen LogP) is 1.00. The molecule has 3 aliphatic carbocycles. The van der Waals surface area contributed by atoms with Crippen LogP contribution < -0.4 is 11.2 Å². The van der Waals surface area contributed by atoms with Crippen LogP contribution in [0.2, 0.25) is 0 Å². The molecule has 1 aliphatic heterocycles. The molecule has 7 N–H and O–H groups in total. The molecule has 1 aromatic carbocycles. The Morgan fingerprint density at radius 3 is 2.54 bits per heavy atom. The lowest BCUT2D eigenvalue weighted by atomic mass is 9.60. The number of likely N-dealkylation sites (N-methyl/N-ethyl adjacent to an activating group) is 1. The molecule has 1 aromatic rings. The number of nitrogens with two attached hydrogens (primary N) is 1. The number of Topliss-reactive ketones (excluding diaryl/α,β-unsaturated/α-hetero) is 1. The summed E-state index contributed by atoms with van der Waals surface area (Å²) in [6.07, 6.45) is 2.14. The van der Waals surface area contributed by atoms with Gasteiger partial charge in [-0.2, -0.15) is 5.10 Å². The Balaban J connectivity index is 1.65. The molecule has 5 atom stereocenters. The zero-order valence-electron chi connectivity index (χ0n) is 21.4. The third kappa shape index (κ3) is 3.34. The van der Waals surface area contributed by atoms with E-state index in [9.17, 15) is 30.0 Å². The number of hydrazone groups is 1. The van der Waals surface area contributed by atoms with E-state index >= 15 is 0 Å². The molecule has 37 heavy (non-hydrogen) atoms. The Bertz CT molecular complexity index is 1320. The number of phenolic OH excluding ortho intramolecular Hbond substituents is 1. The van der Waals surface area contributed by atoms with Gasteiger partial charge in [-0.05, 0) is 76.9 Å². The summed E-state index contributed by atoms with van der Waals surface area (Å²) in [7, 11) is 3.37. The highest BCUT2D eigenvalue weighted by molar-refractivity contribution is 6.14. The molecule has 1 spiro atoms. The van der Waals surface area contributed by atoms with Gasteiger partial charge in [0.15, 0.2) is 11.4 Å². The number of aromatic hydroxyl groups is 1. The summed E-state index contributed by atoms with van der Waals surface area (Å²) >= 11 is 0. The number of hydrogen-bond acceptors (Lipinski definition) is 10. The summed E-state index contributed by atoms with van der Waals surface area (Å²) in [6.45, 7) is 5.87. The van der Waals surface area contributed by atoms with E-state index in [0.717, 1.165) is 0 Å². The lowest BCUT2D eigenvalue weighted by molar-refractivity contribution is -0.117. The minimum atomic E-state index is -2.36. The summed E-state index contributed by atoms with van der Waals surface area (Å²) in [5.41, 5.74) is 7.15. The van der Waals surface area contributed by atoms with Gasteiger partial charge >= 0.3 is 0 Å². The molecule has 4 aliphatic rings. The second-order valence-electron chi connectivity index (χ2n) is 11.5. The molecule has 1 amide bonds. The number of aliphatic hydroxyl groups excluding tert-OH is 2. The van der Waals surface area contributed by atoms with Crippen molar-refractivity contribution in [3.8, 4) is 5.75 Å². The van der Waals surface area contributed by atoms with Crippen molar-refractivity contribution in [3.05, 3.63) is 51.5 Å². The van der Waals surface area contributed by atoms with Crippen LogP contribution in [0.1, 0.15) is 48.7 Å². The minimum Gasteiger partial charge on any atom is -0.510 e. The third-order valence-corrected chi connectivity index (χ3v) is 7.76. The number of carbonyl (C=O) groups is 2. The number of aliphatic hydroxyl groups is 3. The number of hydrogen-bond donors (Lipinski definition) is 6. The van der Waals surface area contributed by atoms with E-state index < -0.39 is 58.0 Å². The largest absolute Gasteiger partial charge is 0.510 e. The number of fused-ring (bicyclic) bond motifs is 2. The van der Waals surface area contributed by atoms with Gasteiger partial charge in [-0.1, -0.05) is 0 Å². The molecular weight excluding hydrogens is 480 g/mol. The fourth-order valence-corrected chi connectivity index (χ4v) is 6.30. The number of epoxide rings is 1. The average molecular weight is 513 g/mol. The van der Waals surface area contributed by atoms with E-state index in [-0.39, 0.29) is 28.8 Å². The van der Waals surface area contributed by atoms with Crippen molar-refractivity contribution in [2.45, 2.75) is 56.6 Å². The van der Waals surface area contributed by atoms with Gasteiger partial charge in [0.05, 0.1) is 17.8 Å². The Hall–Kier alpha value is -3.41. The maximum atomic E-state index is 13.8. The number of ether oxygens (including phenoxy) is 1. The number of carbonyl (C=O) groups excluding carboxylic acids is 2. The maximum absolute atomic E-state index is 13.8. The number of phenols is 1. The highest BCUT2D eigenvalue weighted by atomic mass is 16.8. The fraction of sp³-hybridized carbons (Fsp3) is 0.500. The van der Waals surface area contributed by atoms with E-state index in [4.69, 9.17) is 10.5 Å². The van der Waals surface area contributed by atoms with Gasteiger partial charge in [-0.25, -0.2) is 0 Å². The summed E-state index contributed by atoms with van der Waals surface area (Å²) in [4.78, 5) is 27.6. The Morgan fingerprint density at radius 1 is 1.27 bits per heavy atom. The number of amides is 1. The third-order valence-electron chi connectivity index (χ3n) is 7.76. The highest BCUT2D eigenvalue weighted by Gasteiger charge is 2.84. The van der Waals surface area contributed by atoms with E-state index in [0.29, 0.717) is 17.5 Å². The lowest BCUT2D eigenvalue weighted by Gasteiger charge is -2.45. The van der Waals surface area contributed by atoms with Crippen LogP contribution in [-0.2, 0) is 16.0 Å². The monoisotopic (exact) mass is 512 g/mol. The first-order valence-corrected chi connectivity index (χ1v) is 12.1. The van der Waals surface area contributed by atoms with Gasteiger partial charge < -0.3 is 36.3 Å². The van der Waals surface area contributed by atoms with Gasteiger partial charge in [0, 0.05) is 17.0 Å². The summed E-state index contributed by atoms with van der Waals surface area (Å²) in [5, 5.41) is 48.7. The van der Waals surface area contributed by atoms with Crippen molar-refractivity contribution in [1.29, 1.82) is 0 Å². The highest BCUT2D eigenvalue weighted by Crippen LogP contribution is 2.68. The first kappa shape index (κ1) is 25.2. The molecule has 11 heteroatoms. The van der Waals surface area contributed by atoms with E-state index in [2.05, 4.69) is 10.5 Å². The van der Waals surface area contributed by atoms with Gasteiger partial charge in [0.2, 0.25) is 5.79 Å². The molecule has 1 saturated heterocycles.